The SMILES string of the molecule is CC(=O)C1=C(O)C(=O)N(CCCCCCN)C1c1ccc(Cl)cc1. The molecule has 6 heteroatoms. The Morgan fingerprint density at radius 2 is 1.83 bits per heavy atom. The number of aliphatic hydroxyl groups excluding tert-OH is 1. The zero-order valence-electron chi connectivity index (χ0n) is 13.8. The van der Waals surface area contributed by atoms with Gasteiger partial charge in [0.25, 0.3) is 5.91 Å². The molecule has 2 rings (SSSR count). The van der Waals surface area contributed by atoms with Gasteiger partial charge in [-0.3, -0.25) is 9.59 Å². The summed E-state index contributed by atoms with van der Waals surface area (Å²) in [4.78, 5) is 26.0. The van der Waals surface area contributed by atoms with Crippen LogP contribution < -0.4 is 5.73 Å². The van der Waals surface area contributed by atoms with E-state index in [0.717, 1.165) is 31.2 Å². The number of hydrogen-bond donors (Lipinski definition) is 2. The van der Waals surface area contributed by atoms with Crippen LogP contribution in [-0.4, -0.2) is 34.8 Å². The predicted octanol–water partition coefficient (Wildman–Crippen LogP) is 3.14. The van der Waals surface area contributed by atoms with Crippen LogP contribution in [0, 0.1) is 0 Å². The number of aliphatic hydroxyl groups is 1. The first kappa shape index (κ1) is 18.5. The summed E-state index contributed by atoms with van der Waals surface area (Å²) < 4.78 is 0. The highest BCUT2D eigenvalue weighted by molar-refractivity contribution is 6.30. The molecule has 0 fully saturated rings. The molecule has 0 radical (unpaired) electrons. The molecule has 1 atom stereocenters. The molecule has 0 saturated heterocycles. The molecule has 0 aromatic heterocycles. The molecule has 1 unspecified atom stereocenters. The fourth-order valence-electron chi connectivity index (χ4n) is 3.02. The van der Waals surface area contributed by atoms with E-state index in [9.17, 15) is 14.7 Å². The largest absolute Gasteiger partial charge is 0.503 e. The Bertz CT molecular complexity index is 640. The molecule has 1 aliphatic heterocycles. The number of nitrogens with two attached hydrogens (primary N) is 1. The Balaban J connectivity index is 2.23. The van der Waals surface area contributed by atoms with Gasteiger partial charge in [-0.2, -0.15) is 0 Å². The lowest BCUT2D eigenvalue weighted by atomic mass is 9.96. The number of carbonyl (C=O) groups is 2. The molecule has 1 aromatic rings. The van der Waals surface area contributed by atoms with Crippen molar-refractivity contribution in [1.29, 1.82) is 0 Å². The van der Waals surface area contributed by atoms with E-state index in [2.05, 4.69) is 0 Å². The van der Waals surface area contributed by atoms with E-state index in [1.807, 2.05) is 0 Å². The molecular weight excluding hydrogens is 328 g/mol. The Morgan fingerprint density at radius 3 is 2.42 bits per heavy atom. The number of ketones is 1. The van der Waals surface area contributed by atoms with Crippen molar-refractivity contribution in [3.63, 3.8) is 0 Å². The lowest BCUT2D eigenvalue weighted by Crippen LogP contribution is -2.32. The number of Topliss-reactive ketones (excluding diaryl/α,β-unsaturated/α-hetero) is 1. The van der Waals surface area contributed by atoms with Crippen LogP contribution in [-0.2, 0) is 9.59 Å². The summed E-state index contributed by atoms with van der Waals surface area (Å²) in [5, 5.41) is 10.7. The molecule has 1 heterocycles. The molecule has 0 saturated carbocycles. The van der Waals surface area contributed by atoms with Gasteiger partial charge in [0.1, 0.15) is 0 Å². The summed E-state index contributed by atoms with van der Waals surface area (Å²) in [7, 11) is 0. The van der Waals surface area contributed by atoms with Gasteiger partial charge in [0.05, 0.1) is 11.6 Å². The zero-order chi connectivity index (χ0) is 17.7. The molecular formula is C18H23ClN2O3. The average Bonchev–Trinajstić information content (AvgIpc) is 2.80. The van der Waals surface area contributed by atoms with Crippen LogP contribution in [0.15, 0.2) is 35.6 Å². The normalized spacial score (nSPS) is 17.7. The second kappa shape index (κ2) is 8.31. The van der Waals surface area contributed by atoms with Crippen molar-refractivity contribution < 1.29 is 14.7 Å². The van der Waals surface area contributed by atoms with Gasteiger partial charge in [0.2, 0.25) is 0 Å². The van der Waals surface area contributed by atoms with E-state index in [4.69, 9.17) is 17.3 Å². The van der Waals surface area contributed by atoms with E-state index in [1.165, 1.54) is 6.92 Å². The average molecular weight is 351 g/mol. The Hall–Kier alpha value is -1.85. The van der Waals surface area contributed by atoms with Crippen molar-refractivity contribution in [2.24, 2.45) is 5.73 Å². The van der Waals surface area contributed by atoms with Crippen LogP contribution in [0.3, 0.4) is 0 Å². The van der Waals surface area contributed by atoms with Gasteiger partial charge >= 0.3 is 0 Å². The van der Waals surface area contributed by atoms with Crippen LogP contribution >= 0.6 is 11.6 Å². The molecule has 3 N–H and O–H groups in total. The number of unbranched alkanes of at least 4 members (excludes halogenated alkanes) is 3. The molecule has 1 aliphatic rings. The monoisotopic (exact) mass is 350 g/mol. The molecule has 0 spiro atoms. The third-order valence-electron chi connectivity index (χ3n) is 4.22. The van der Waals surface area contributed by atoms with E-state index < -0.39 is 17.7 Å². The quantitative estimate of drug-likeness (QED) is 0.705. The third-order valence-corrected chi connectivity index (χ3v) is 4.47. The van der Waals surface area contributed by atoms with Gasteiger partial charge in [-0.25, -0.2) is 0 Å². The first-order valence-electron chi connectivity index (χ1n) is 8.18. The summed E-state index contributed by atoms with van der Waals surface area (Å²) in [5.41, 5.74) is 6.41. The molecule has 24 heavy (non-hydrogen) atoms. The lowest BCUT2D eigenvalue weighted by Gasteiger charge is -2.26. The van der Waals surface area contributed by atoms with Crippen molar-refractivity contribution in [2.75, 3.05) is 13.1 Å². The van der Waals surface area contributed by atoms with Crippen molar-refractivity contribution in [3.05, 3.63) is 46.2 Å². The number of benzene rings is 1. The lowest BCUT2D eigenvalue weighted by molar-refractivity contribution is -0.129. The summed E-state index contributed by atoms with van der Waals surface area (Å²) in [6.07, 6.45) is 3.71. The molecule has 1 amide bonds. The number of rotatable bonds is 8. The van der Waals surface area contributed by atoms with Gasteiger partial charge in [-0.15, -0.1) is 0 Å². The minimum absolute atomic E-state index is 0.157. The Morgan fingerprint density at radius 1 is 1.21 bits per heavy atom. The van der Waals surface area contributed by atoms with Crippen molar-refractivity contribution >= 4 is 23.3 Å². The highest BCUT2D eigenvalue weighted by Crippen LogP contribution is 2.38. The van der Waals surface area contributed by atoms with Crippen molar-refractivity contribution in [1.82, 2.24) is 4.90 Å². The third kappa shape index (κ3) is 3.97. The second-order valence-electron chi connectivity index (χ2n) is 5.97. The van der Waals surface area contributed by atoms with Gasteiger partial charge < -0.3 is 15.7 Å². The second-order valence-corrected chi connectivity index (χ2v) is 6.41. The first-order valence-corrected chi connectivity index (χ1v) is 8.55. The van der Waals surface area contributed by atoms with E-state index in [-0.39, 0.29) is 11.4 Å². The van der Waals surface area contributed by atoms with Crippen LogP contribution in [0.5, 0.6) is 0 Å². The molecule has 0 bridgehead atoms. The number of hydrogen-bond acceptors (Lipinski definition) is 4. The maximum absolute atomic E-state index is 12.4. The predicted molar refractivity (Wildman–Crippen MR) is 93.8 cm³/mol. The molecule has 0 aliphatic carbocycles. The minimum atomic E-state index is -0.554. The maximum Gasteiger partial charge on any atom is 0.290 e. The van der Waals surface area contributed by atoms with Gasteiger partial charge in [-0.05, 0) is 44.0 Å². The topological polar surface area (TPSA) is 83.6 Å². The van der Waals surface area contributed by atoms with Crippen LogP contribution in [0.4, 0.5) is 0 Å². The van der Waals surface area contributed by atoms with E-state index >= 15 is 0 Å². The zero-order valence-corrected chi connectivity index (χ0v) is 14.6. The van der Waals surface area contributed by atoms with Crippen molar-refractivity contribution in [3.8, 4) is 0 Å². The Labute approximate surface area is 147 Å². The molecule has 5 nitrogen and oxygen atoms in total. The summed E-state index contributed by atoms with van der Waals surface area (Å²) >= 11 is 5.92. The highest BCUT2D eigenvalue weighted by Gasteiger charge is 2.41. The van der Waals surface area contributed by atoms with E-state index in [0.29, 0.717) is 18.1 Å². The van der Waals surface area contributed by atoms with Gasteiger partial charge in [0.15, 0.2) is 11.5 Å². The number of nitrogens with zero attached hydrogens (tertiary/aromatic N) is 1. The van der Waals surface area contributed by atoms with Gasteiger partial charge in [0, 0.05) is 11.6 Å². The molecule has 130 valence electrons. The summed E-state index contributed by atoms with van der Waals surface area (Å²) in [6, 6.07) is 6.44. The highest BCUT2D eigenvalue weighted by atomic mass is 35.5. The van der Waals surface area contributed by atoms with Crippen LogP contribution in [0.2, 0.25) is 5.02 Å². The smallest absolute Gasteiger partial charge is 0.290 e. The number of halogens is 1. The van der Waals surface area contributed by atoms with E-state index in [1.54, 1.807) is 29.2 Å². The number of amides is 1. The molecule has 1 aromatic carbocycles. The van der Waals surface area contributed by atoms with Crippen LogP contribution in [0.25, 0.3) is 0 Å². The maximum atomic E-state index is 12.4. The number of carbonyl (C=O) groups excluding carboxylic acids is 2. The standard InChI is InChI=1S/C18H23ClN2O3/c1-12(22)15-16(13-6-8-14(19)9-7-13)21(18(24)17(15)23)11-5-3-2-4-10-20/h6-9,16,23H,2-5,10-11,20H2,1H3. The fraction of sp³-hybridized carbons (Fsp3) is 0.444. The van der Waals surface area contributed by atoms with Crippen LogP contribution in [0.1, 0.15) is 44.2 Å². The first-order chi connectivity index (χ1) is 11.5. The summed E-state index contributed by atoms with van der Waals surface area (Å²) in [5.74, 6) is -1.23. The Kier molecular flexibility index (Phi) is 6.40. The fourth-order valence-corrected chi connectivity index (χ4v) is 3.14. The van der Waals surface area contributed by atoms with Gasteiger partial charge in [-0.1, -0.05) is 36.6 Å². The van der Waals surface area contributed by atoms with Crippen molar-refractivity contribution in [2.45, 2.75) is 38.6 Å². The summed E-state index contributed by atoms with van der Waals surface area (Å²) in [6.45, 7) is 2.51. The minimum Gasteiger partial charge on any atom is -0.503 e.